The molecule has 2 rings (SSSR count). The summed E-state index contributed by atoms with van der Waals surface area (Å²) in [7, 11) is 0. The van der Waals surface area contributed by atoms with Crippen LogP contribution >= 0.6 is 0 Å². The molecule has 0 aliphatic rings. The van der Waals surface area contributed by atoms with E-state index >= 15 is 0 Å². The third kappa shape index (κ3) is 2.35. The van der Waals surface area contributed by atoms with Crippen molar-refractivity contribution in [3.63, 3.8) is 0 Å². The van der Waals surface area contributed by atoms with Crippen molar-refractivity contribution in [2.75, 3.05) is 0 Å². The van der Waals surface area contributed by atoms with Gasteiger partial charge in [-0.05, 0) is 23.9 Å². The maximum absolute atomic E-state index is 11.3. The molecular weight excluding hydrogens is 228 g/mol. The zero-order valence-corrected chi connectivity index (χ0v) is 10.1. The SMILES string of the molecule is C=C(C)C(=O)OCc1ccc(O)c2ccccc12. The van der Waals surface area contributed by atoms with Crippen LogP contribution in [-0.2, 0) is 16.1 Å². The minimum Gasteiger partial charge on any atom is -0.507 e. The molecule has 0 atom stereocenters. The second-order valence-electron chi connectivity index (χ2n) is 4.15. The maximum atomic E-state index is 11.3. The highest BCUT2D eigenvalue weighted by molar-refractivity contribution is 5.91. The van der Waals surface area contributed by atoms with Crippen LogP contribution in [0.4, 0.5) is 0 Å². The van der Waals surface area contributed by atoms with E-state index in [1.54, 1.807) is 19.1 Å². The summed E-state index contributed by atoms with van der Waals surface area (Å²) in [5, 5.41) is 11.4. The van der Waals surface area contributed by atoms with Gasteiger partial charge in [-0.25, -0.2) is 4.79 Å². The summed E-state index contributed by atoms with van der Waals surface area (Å²) < 4.78 is 5.12. The summed E-state index contributed by atoms with van der Waals surface area (Å²) in [6.07, 6.45) is 0. The Morgan fingerprint density at radius 2 is 1.89 bits per heavy atom. The number of phenolic OH excluding ortho intramolecular Hbond substituents is 1. The molecule has 3 nitrogen and oxygen atoms in total. The van der Waals surface area contributed by atoms with Crippen molar-refractivity contribution >= 4 is 16.7 Å². The molecule has 0 aromatic heterocycles. The Morgan fingerprint density at radius 3 is 2.56 bits per heavy atom. The Morgan fingerprint density at radius 1 is 1.22 bits per heavy atom. The predicted octanol–water partition coefficient (Wildman–Crippen LogP) is 3.16. The van der Waals surface area contributed by atoms with Gasteiger partial charge in [0.1, 0.15) is 12.4 Å². The lowest BCUT2D eigenvalue weighted by Gasteiger charge is -2.09. The minimum atomic E-state index is -0.410. The zero-order chi connectivity index (χ0) is 13.1. The van der Waals surface area contributed by atoms with Gasteiger partial charge < -0.3 is 9.84 Å². The van der Waals surface area contributed by atoms with Crippen molar-refractivity contribution in [1.82, 2.24) is 0 Å². The molecule has 0 bridgehead atoms. The van der Waals surface area contributed by atoms with Crippen LogP contribution in [0.2, 0.25) is 0 Å². The molecule has 0 heterocycles. The van der Waals surface area contributed by atoms with Crippen molar-refractivity contribution < 1.29 is 14.6 Å². The van der Waals surface area contributed by atoms with E-state index in [0.29, 0.717) is 5.57 Å². The molecular formula is C15H14O3. The van der Waals surface area contributed by atoms with Crippen molar-refractivity contribution in [3.05, 3.63) is 54.1 Å². The van der Waals surface area contributed by atoms with Crippen LogP contribution in [0.25, 0.3) is 10.8 Å². The lowest BCUT2D eigenvalue weighted by atomic mass is 10.0. The number of aromatic hydroxyl groups is 1. The number of esters is 1. The molecule has 2 aromatic rings. The van der Waals surface area contributed by atoms with E-state index in [4.69, 9.17) is 4.74 Å². The molecule has 0 unspecified atom stereocenters. The molecule has 0 aliphatic heterocycles. The molecule has 18 heavy (non-hydrogen) atoms. The highest BCUT2D eigenvalue weighted by Crippen LogP contribution is 2.27. The van der Waals surface area contributed by atoms with Crippen molar-refractivity contribution in [2.24, 2.45) is 0 Å². The summed E-state index contributed by atoms with van der Waals surface area (Å²) in [4.78, 5) is 11.3. The number of benzene rings is 2. The maximum Gasteiger partial charge on any atom is 0.333 e. The van der Waals surface area contributed by atoms with Crippen LogP contribution in [0.15, 0.2) is 48.6 Å². The fourth-order valence-corrected chi connectivity index (χ4v) is 1.74. The van der Waals surface area contributed by atoms with Gasteiger partial charge in [0.25, 0.3) is 0 Å². The van der Waals surface area contributed by atoms with E-state index in [1.807, 2.05) is 24.3 Å². The second kappa shape index (κ2) is 4.92. The number of hydrogen-bond acceptors (Lipinski definition) is 3. The third-order valence-corrected chi connectivity index (χ3v) is 2.70. The van der Waals surface area contributed by atoms with Crippen LogP contribution in [0, 0.1) is 0 Å². The normalized spacial score (nSPS) is 10.3. The van der Waals surface area contributed by atoms with Crippen LogP contribution in [0.3, 0.4) is 0 Å². The minimum absolute atomic E-state index is 0.173. The lowest BCUT2D eigenvalue weighted by Crippen LogP contribution is -2.05. The zero-order valence-electron chi connectivity index (χ0n) is 10.1. The van der Waals surface area contributed by atoms with Gasteiger partial charge in [-0.2, -0.15) is 0 Å². The monoisotopic (exact) mass is 242 g/mol. The first-order valence-corrected chi connectivity index (χ1v) is 5.62. The fourth-order valence-electron chi connectivity index (χ4n) is 1.74. The molecule has 0 saturated heterocycles. The summed E-state index contributed by atoms with van der Waals surface area (Å²) in [5.41, 5.74) is 1.23. The molecule has 0 amide bonds. The lowest BCUT2D eigenvalue weighted by molar-refractivity contribution is -0.140. The summed E-state index contributed by atoms with van der Waals surface area (Å²) in [6.45, 7) is 5.31. The third-order valence-electron chi connectivity index (χ3n) is 2.70. The highest BCUT2D eigenvalue weighted by atomic mass is 16.5. The number of hydrogen-bond donors (Lipinski definition) is 1. The Bertz CT molecular complexity index is 614. The van der Waals surface area contributed by atoms with Gasteiger partial charge in [-0.1, -0.05) is 36.9 Å². The molecule has 0 radical (unpaired) electrons. The number of ether oxygens (including phenoxy) is 1. The van der Waals surface area contributed by atoms with Crippen LogP contribution in [0.1, 0.15) is 12.5 Å². The average Bonchev–Trinajstić information content (AvgIpc) is 2.38. The second-order valence-corrected chi connectivity index (χ2v) is 4.15. The first kappa shape index (κ1) is 12.2. The van der Waals surface area contributed by atoms with Crippen molar-refractivity contribution in [2.45, 2.75) is 13.5 Å². The smallest absolute Gasteiger partial charge is 0.333 e. The van der Waals surface area contributed by atoms with E-state index < -0.39 is 5.97 Å². The molecule has 0 fully saturated rings. The largest absolute Gasteiger partial charge is 0.507 e. The van der Waals surface area contributed by atoms with Gasteiger partial charge in [0.05, 0.1) is 0 Å². The first-order chi connectivity index (χ1) is 8.59. The van der Waals surface area contributed by atoms with E-state index in [-0.39, 0.29) is 12.4 Å². The number of carbonyl (C=O) groups excluding carboxylic acids is 1. The Hall–Kier alpha value is -2.29. The first-order valence-electron chi connectivity index (χ1n) is 5.62. The number of fused-ring (bicyclic) bond motifs is 1. The van der Waals surface area contributed by atoms with Gasteiger partial charge >= 0.3 is 5.97 Å². The topological polar surface area (TPSA) is 46.5 Å². The molecule has 0 saturated carbocycles. The van der Waals surface area contributed by atoms with Crippen LogP contribution in [0.5, 0.6) is 5.75 Å². The molecule has 2 aromatic carbocycles. The van der Waals surface area contributed by atoms with Crippen molar-refractivity contribution in [3.8, 4) is 5.75 Å². The van der Waals surface area contributed by atoms with Gasteiger partial charge in [0.2, 0.25) is 0 Å². The highest BCUT2D eigenvalue weighted by Gasteiger charge is 2.08. The Labute approximate surface area is 105 Å². The standard InChI is InChI=1S/C15H14O3/c1-10(2)15(17)18-9-11-7-8-14(16)13-6-4-3-5-12(11)13/h3-8,16H,1,9H2,2H3. The molecule has 0 spiro atoms. The molecule has 1 N–H and O–H groups in total. The number of rotatable bonds is 3. The van der Waals surface area contributed by atoms with Crippen LogP contribution < -0.4 is 0 Å². The summed E-state index contributed by atoms with van der Waals surface area (Å²) in [6, 6.07) is 10.8. The van der Waals surface area contributed by atoms with Gasteiger partial charge in [0.15, 0.2) is 0 Å². The number of carbonyl (C=O) groups is 1. The molecule has 0 aliphatic carbocycles. The van der Waals surface area contributed by atoms with Gasteiger partial charge in [-0.15, -0.1) is 0 Å². The summed E-state index contributed by atoms with van der Waals surface area (Å²) in [5.74, 6) is -0.187. The average molecular weight is 242 g/mol. The summed E-state index contributed by atoms with van der Waals surface area (Å²) >= 11 is 0. The van der Waals surface area contributed by atoms with E-state index in [9.17, 15) is 9.90 Å². The number of phenols is 1. The van der Waals surface area contributed by atoms with Gasteiger partial charge in [-0.3, -0.25) is 0 Å². The Balaban J connectivity index is 2.32. The van der Waals surface area contributed by atoms with Crippen LogP contribution in [-0.4, -0.2) is 11.1 Å². The quantitative estimate of drug-likeness (QED) is 0.664. The molecule has 3 heteroatoms. The molecule has 92 valence electrons. The van der Waals surface area contributed by atoms with E-state index in [0.717, 1.165) is 16.3 Å². The van der Waals surface area contributed by atoms with Crippen molar-refractivity contribution in [1.29, 1.82) is 0 Å². The predicted molar refractivity (Wildman–Crippen MR) is 70.2 cm³/mol. The fraction of sp³-hybridized carbons (Fsp3) is 0.133. The van der Waals surface area contributed by atoms with Gasteiger partial charge in [0, 0.05) is 11.0 Å². The van der Waals surface area contributed by atoms with E-state index in [1.165, 1.54) is 0 Å². The Kier molecular flexibility index (Phi) is 3.33. The van der Waals surface area contributed by atoms with E-state index in [2.05, 4.69) is 6.58 Å².